The van der Waals surface area contributed by atoms with Crippen LogP contribution in [0.15, 0.2) is 48.5 Å². The minimum Gasteiger partial charge on any atom is -0.493 e. The van der Waals surface area contributed by atoms with Gasteiger partial charge in [-0.05, 0) is 44.2 Å². The van der Waals surface area contributed by atoms with Crippen molar-refractivity contribution in [1.82, 2.24) is 0 Å². The van der Waals surface area contributed by atoms with E-state index in [1.54, 1.807) is 19.1 Å². The topological polar surface area (TPSA) is 47.7 Å². The molecule has 162 valence electrons. The van der Waals surface area contributed by atoms with E-state index in [9.17, 15) is 4.79 Å². The van der Waals surface area contributed by atoms with Crippen LogP contribution in [0.4, 0.5) is 5.69 Å². The number of nitrogens with one attached hydrogen (secondary N) is 2. The Bertz CT molecular complexity index is 820. The highest BCUT2D eigenvalue weighted by Crippen LogP contribution is 2.27. The Balaban J connectivity index is 1.56. The fourth-order valence-electron chi connectivity index (χ4n) is 4.30. The molecule has 2 aromatic carbocycles. The third-order valence-electron chi connectivity index (χ3n) is 6.13. The largest absolute Gasteiger partial charge is 0.493 e. The lowest BCUT2D eigenvalue weighted by atomic mass is 10.1. The Morgan fingerprint density at radius 3 is 2.27 bits per heavy atom. The standard InChI is InChI=1S/C24H33N3O3/c1-5-27(21-9-7-6-8-10-21)24(28)19(2)26-15-13-25(14-16-26)18-20-11-12-22(29-3)23(17-20)30-4/h6-12,17,19H,5,13-16,18H2,1-4H3/p+2/t19-/m0/s1. The second kappa shape index (κ2) is 10.5. The molecule has 0 unspecified atom stereocenters. The summed E-state index contributed by atoms with van der Waals surface area (Å²) in [5, 5.41) is 0. The Morgan fingerprint density at radius 2 is 1.67 bits per heavy atom. The van der Waals surface area contributed by atoms with Crippen molar-refractivity contribution < 1.29 is 24.1 Å². The number of amides is 1. The van der Waals surface area contributed by atoms with Crippen LogP contribution in [0.3, 0.4) is 0 Å². The molecular weight excluding hydrogens is 378 g/mol. The van der Waals surface area contributed by atoms with Crippen molar-refractivity contribution in [3.05, 3.63) is 54.1 Å². The zero-order valence-electron chi connectivity index (χ0n) is 18.6. The van der Waals surface area contributed by atoms with Crippen molar-refractivity contribution in [2.45, 2.75) is 26.4 Å². The molecule has 6 heteroatoms. The number of para-hydroxylation sites is 1. The minimum absolute atomic E-state index is 0.0345. The fourth-order valence-corrected chi connectivity index (χ4v) is 4.30. The molecule has 0 aromatic heterocycles. The molecule has 1 heterocycles. The predicted octanol–water partition coefficient (Wildman–Crippen LogP) is 0.429. The highest BCUT2D eigenvalue weighted by molar-refractivity contribution is 5.96. The van der Waals surface area contributed by atoms with Crippen LogP contribution in [0.2, 0.25) is 0 Å². The number of ether oxygens (including phenoxy) is 2. The monoisotopic (exact) mass is 413 g/mol. The van der Waals surface area contributed by atoms with Gasteiger partial charge in [0.25, 0.3) is 5.91 Å². The van der Waals surface area contributed by atoms with Gasteiger partial charge >= 0.3 is 0 Å². The molecule has 0 saturated carbocycles. The van der Waals surface area contributed by atoms with Crippen LogP contribution >= 0.6 is 0 Å². The van der Waals surface area contributed by atoms with E-state index < -0.39 is 0 Å². The first-order chi connectivity index (χ1) is 14.6. The summed E-state index contributed by atoms with van der Waals surface area (Å²) < 4.78 is 10.8. The minimum atomic E-state index is -0.0345. The van der Waals surface area contributed by atoms with Gasteiger partial charge in [0.05, 0.1) is 14.2 Å². The summed E-state index contributed by atoms with van der Waals surface area (Å²) in [5.74, 6) is 1.75. The maximum atomic E-state index is 13.1. The van der Waals surface area contributed by atoms with Gasteiger partial charge in [-0.2, -0.15) is 0 Å². The zero-order chi connectivity index (χ0) is 21.5. The summed E-state index contributed by atoms with van der Waals surface area (Å²) in [6.45, 7) is 9.88. The molecule has 1 saturated heterocycles. The summed E-state index contributed by atoms with van der Waals surface area (Å²) in [6, 6.07) is 16.1. The molecule has 1 fully saturated rings. The van der Waals surface area contributed by atoms with E-state index in [0.717, 1.165) is 49.9 Å². The summed E-state index contributed by atoms with van der Waals surface area (Å²) in [5.41, 5.74) is 2.23. The number of carbonyl (C=O) groups excluding carboxylic acids is 1. The van der Waals surface area contributed by atoms with Crippen molar-refractivity contribution in [1.29, 1.82) is 0 Å². The maximum Gasteiger partial charge on any atom is 0.284 e. The van der Waals surface area contributed by atoms with Crippen LogP contribution < -0.4 is 24.2 Å². The first-order valence-corrected chi connectivity index (χ1v) is 10.8. The zero-order valence-corrected chi connectivity index (χ0v) is 18.6. The Kier molecular flexibility index (Phi) is 7.71. The van der Waals surface area contributed by atoms with Crippen LogP contribution in [-0.4, -0.2) is 58.9 Å². The molecule has 30 heavy (non-hydrogen) atoms. The lowest BCUT2D eigenvalue weighted by Gasteiger charge is -2.34. The molecule has 0 radical (unpaired) electrons. The number of hydrogen-bond donors (Lipinski definition) is 2. The average Bonchev–Trinajstić information content (AvgIpc) is 2.80. The molecule has 0 aliphatic carbocycles. The van der Waals surface area contributed by atoms with Gasteiger partial charge in [-0.1, -0.05) is 18.2 Å². The summed E-state index contributed by atoms with van der Waals surface area (Å²) >= 11 is 0. The lowest BCUT2D eigenvalue weighted by molar-refractivity contribution is -1.02. The predicted molar refractivity (Wildman–Crippen MR) is 119 cm³/mol. The summed E-state index contributed by atoms with van der Waals surface area (Å²) in [6.07, 6.45) is 0. The van der Waals surface area contributed by atoms with Crippen molar-refractivity contribution in [3.8, 4) is 11.5 Å². The van der Waals surface area contributed by atoms with Crippen molar-refractivity contribution in [2.24, 2.45) is 0 Å². The molecule has 6 nitrogen and oxygen atoms in total. The highest BCUT2D eigenvalue weighted by atomic mass is 16.5. The SMILES string of the molecule is CCN(C(=O)[C@H](C)[NH+]1CC[NH+](Cc2ccc(OC)c(OC)c2)CC1)c1ccccc1. The van der Waals surface area contributed by atoms with Gasteiger partial charge in [-0.15, -0.1) is 0 Å². The molecule has 2 N–H and O–H groups in total. The Hall–Kier alpha value is -2.57. The van der Waals surface area contributed by atoms with E-state index in [4.69, 9.17) is 9.47 Å². The van der Waals surface area contributed by atoms with Gasteiger partial charge in [0.15, 0.2) is 17.5 Å². The van der Waals surface area contributed by atoms with Gasteiger partial charge in [0.2, 0.25) is 0 Å². The van der Waals surface area contributed by atoms with E-state index in [1.165, 1.54) is 10.5 Å². The molecular formula is C24H35N3O3+2. The van der Waals surface area contributed by atoms with Crippen molar-refractivity contribution in [3.63, 3.8) is 0 Å². The molecule has 1 atom stereocenters. The number of methoxy groups -OCH3 is 2. The van der Waals surface area contributed by atoms with Gasteiger partial charge in [-0.25, -0.2) is 0 Å². The first-order valence-electron chi connectivity index (χ1n) is 10.8. The number of hydrogen-bond acceptors (Lipinski definition) is 3. The van der Waals surface area contributed by atoms with Gasteiger partial charge < -0.3 is 24.2 Å². The van der Waals surface area contributed by atoms with E-state index in [-0.39, 0.29) is 11.9 Å². The number of likely N-dealkylation sites (N-methyl/N-ethyl adjacent to an activating group) is 1. The van der Waals surface area contributed by atoms with Crippen LogP contribution in [0, 0.1) is 0 Å². The number of piperazine rings is 1. The molecule has 1 aliphatic rings. The number of nitrogens with zero attached hydrogens (tertiary/aromatic N) is 1. The third kappa shape index (κ3) is 5.12. The number of anilines is 1. The van der Waals surface area contributed by atoms with Crippen molar-refractivity contribution >= 4 is 11.6 Å². The van der Waals surface area contributed by atoms with E-state index >= 15 is 0 Å². The van der Waals surface area contributed by atoms with E-state index in [2.05, 4.69) is 19.1 Å². The van der Waals surface area contributed by atoms with Gasteiger partial charge in [-0.3, -0.25) is 4.79 Å². The molecule has 1 amide bonds. The molecule has 3 rings (SSSR count). The average molecular weight is 414 g/mol. The van der Waals surface area contributed by atoms with Crippen LogP contribution in [0.25, 0.3) is 0 Å². The number of quaternary nitrogens is 2. The molecule has 0 spiro atoms. The Labute approximate surface area is 180 Å². The second-order valence-corrected chi connectivity index (χ2v) is 7.91. The normalized spacial score (nSPS) is 19.7. The van der Waals surface area contributed by atoms with Crippen LogP contribution in [-0.2, 0) is 11.3 Å². The van der Waals surface area contributed by atoms with E-state index in [1.807, 2.05) is 48.2 Å². The Morgan fingerprint density at radius 1 is 1.00 bits per heavy atom. The fraction of sp³-hybridized carbons (Fsp3) is 0.458. The number of rotatable bonds is 8. The number of benzene rings is 2. The molecule has 1 aliphatic heterocycles. The van der Waals surface area contributed by atoms with Crippen LogP contribution in [0.5, 0.6) is 11.5 Å². The maximum absolute atomic E-state index is 13.1. The third-order valence-corrected chi connectivity index (χ3v) is 6.13. The van der Waals surface area contributed by atoms with Crippen molar-refractivity contribution in [2.75, 3.05) is 51.8 Å². The number of carbonyl (C=O) groups is 1. The van der Waals surface area contributed by atoms with Crippen LogP contribution in [0.1, 0.15) is 19.4 Å². The quantitative estimate of drug-likeness (QED) is 0.660. The van der Waals surface area contributed by atoms with Gasteiger partial charge in [0.1, 0.15) is 32.7 Å². The van der Waals surface area contributed by atoms with Gasteiger partial charge in [0, 0.05) is 17.8 Å². The summed E-state index contributed by atoms with van der Waals surface area (Å²) in [7, 11) is 3.33. The highest BCUT2D eigenvalue weighted by Gasteiger charge is 2.33. The second-order valence-electron chi connectivity index (χ2n) is 7.91. The van der Waals surface area contributed by atoms with E-state index in [0.29, 0.717) is 6.54 Å². The molecule has 0 bridgehead atoms. The smallest absolute Gasteiger partial charge is 0.284 e. The first kappa shape index (κ1) is 22.1. The summed E-state index contributed by atoms with van der Waals surface area (Å²) in [4.78, 5) is 18.0. The molecule has 2 aromatic rings. The lowest BCUT2D eigenvalue weighted by Crippen LogP contribution is -3.29.